The number of aliphatic hydroxyl groups is 1. The molecule has 0 bridgehead atoms. The van der Waals surface area contributed by atoms with Crippen LogP contribution in [-0.2, 0) is 17.4 Å². The molecule has 122 valence electrons. The van der Waals surface area contributed by atoms with E-state index >= 15 is 0 Å². The largest absolute Gasteiger partial charge is 0.383 e. The molecule has 0 aliphatic carbocycles. The predicted octanol–water partition coefficient (Wildman–Crippen LogP) is 2.18. The normalized spacial score (nSPS) is 13.9. The van der Waals surface area contributed by atoms with Crippen LogP contribution in [0.15, 0.2) is 47.6 Å². The molecular weight excluding hydrogens is 310 g/mol. The first kappa shape index (κ1) is 17.3. The Kier molecular flexibility index (Phi) is 5.63. The number of carbonyl (C=O) groups is 1. The Morgan fingerprint density at radius 3 is 2.70 bits per heavy atom. The highest BCUT2D eigenvalue weighted by molar-refractivity contribution is 7.98. The van der Waals surface area contributed by atoms with E-state index in [1.165, 1.54) is 11.0 Å². The summed E-state index contributed by atoms with van der Waals surface area (Å²) in [6.07, 6.45) is 8.56. The molecule has 2 N–H and O–H groups in total. The molecular formula is C17H21N3O2S. The van der Waals surface area contributed by atoms with E-state index in [1.54, 1.807) is 48.9 Å². The first-order valence-corrected chi connectivity index (χ1v) is 8.44. The minimum Gasteiger partial charge on any atom is -0.383 e. The molecule has 0 fully saturated rings. The quantitative estimate of drug-likeness (QED) is 0.629. The van der Waals surface area contributed by atoms with Crippen LogP contribution in [0.2, 0.25) is 0 Å². The lowest BCUT2D eigenvalue weighted by molar-refractivity contribution is -0.117. The highest BCUT2D eigenvalue weighted by Gasteiger charge is 2.24. The Morgan fingerprint density at radius 1 is 1.43 bits per heavy atom. The summed E-state index contributed by atoms with van der Waals surface area (Å²) >= 11 is 1.67. The van der Waals surface area contributed by atoms with Gasteiger partial charge < -0.3 is 10.4 Å². The maximum absolute atomic E-state index is 11.9. The zero-order valence-corrected chi connectivity index (χ0v) is 14.3. The fourth-order valence-electron chi connectivity index (χ4n) is 2.01. The van der Waals surface area contributed by atoms with E-state index in [9.17, 15) is 9.90 Å². The average Bonchev–Trinajstić information content (AvgIpc) is 2.99. The van der Waals surface area contributed by atoms with Crippen LogP contribution in [0.1, 0.15) is 18.1 Å². The van der Waals surface area contributed by atoms with Crippen LogP contribution in [-0.4, -0.2) is 33.6 Å². The summed E-state index contributed by atoms with van der Waals surface area (Å²) in [7, 11) is 1.78. The molecule has 5 nitrogen and oxygen atoms in total. The van der Waals surface area contributed by atoms with Gasteiger partial charge in [0, 0.05) is 29.8 Å². The maximum atomic E-state index is 11.9. The SMILES string of the molecule is CSc1ccc(C=CC(=O)NCC(C)(O)c2cnn(C)c2)cc1. The second-order valence-electron chi connectivity index (χ2n) is 5.50. The molecule has 0 aliphatic heterocycles. The fourth-order valence-corrected chi connectivity index (χ4v) is 2.41. The highest BCUT2D eigenvalue weighted by Crippen LogP contribution is 2.18. The van der Waals surface area contributed by atoms with Crippen molar-refractivity contribution in [1.82, 2.24) is 15.1 Å². The number of carbonyl (C=O) groups excluding carboxylic acids is 1. The molecule has 1 amide bonds. The van der Waals surface area contributed by atoms with Crippen molar-refractivity contribution >= 4 is 23.7 Å². The molecule has 0 saturated heterocycles. The van der Waals surface area contributed by atoms with Gasteiger partial charge in [-0.1, -0.05) is 12.1 Å². The van der Waals surface area contributed by atoms with Crippen LogP contribution in [0, 0.1) is 0 Å². The highest BCUT2D eigenvalue weighted by atomic mass is 32.2. The monoisotopic (exact) mass is 331 g/mol. The first-order valence-electron chi connectivity index (χ1n) is 7.22. The number of rotatable bonds is 6. The van der Waals surface area contributed by atoms with Crippen LogP contribution in [0.5, 0.6) is 0 Å². The van der Waals surface area contributed by atoms with Gasteiger partial charge >= 0.3 is 0 Å². The number of hydrogen-bond acceptors (Lipinski definition) is 4. The van der Waals surface area contributed by atoms with Crippen molar-refractivity contribution in [2.75, 3.05) is 12.8 Å². The summed E-state index contributed by atoms with van der Waals surface area (Å²) in [6.45, 7) is 1.77. The molecule has 1 aromatic heterocycles. The van der Waals surface area contributed by atoms with Crippen molar-refractivity contribution in [3.05, 3.63) is 53.9 Å². The lowest BCUT2D eigenvalue weighted by Crippen LogP contribution is -2.37. The number of benzene rings is 1. The number of nitrogens with zero attached hydrogens (tertiary/aromatic N) is 2. The Bertz CT molecular complexity index is 690. The molecule has 0 saturated carbocycles. The molecule has 0 aliphatic rings. The molecule has 2 aromatic rings. The second kappa shape index (κ2) is 7.48. The van der Waals surface area contributed by atoms with Gasteiger partial charge in [0.15, 0.2) is 0 Å². The third-order valence-corrected chi connectivity index (χ3v) is 4.22. The molecule has 23 heavy (non-hydrogen) atoms. The van der Waals surface area contributed by atoms with Gasteiger partial charge in [-0.2, -0.15) is 5.10 Å². The van der Waals surface area contributed by atoms with Gasteiger partial charge in [-0.25, -0.2) is 0 Å². The van der Waals surface area contributed by atoms with Crippen molar-refractivity contribution < 1.29 is 9.90 Å². The summed E-state index contributed by atoms with van der Waals surface area (Å²) < 4.78 is 1.61. The van der Waals surface area contributed by atoms with Gasteiger partial charge in [0.2, 0.25) is 5.91 Å². The van der Waals surface area contributed by atoms with Gasteiger partial charge in [0.05, 0.1) is 12.7 Å². The van der Waals surface area contributed by atoms with E-state index in [4.69, 9.17) is 0 Å². The predicted molar refractivity (Wildman–Crippen MR) is 93.0 cm³/mol. The molecule has 0 radical (unpaired) electrons. The first-order chi connectivity index (χ1) is 10.9. The van der Waals surface area contributed by atoms with Crippen LogP contribution < -0.4 is 5.32 Å². The number of nitrogens with one attached hydrogen (secondary N) is 1. The van der Waals surface area contributed by atoms with Crippen molar-refractivity contribution in [2.45, 2.75) is 17.4 Å². The van der Waals surface area contributed by atoms with Gasteiger partial charge in [-0.3, -0.25) is 9.48 Å². The fraction of sp³-hybridized carbons (Fsp3) is 0.294. The van der Waals surface area contributed by atoms with Crippen molar-refractivity contribution in [3.63, 3.8) is 0 Å². The average molecular weight is 331 g/mol. The van der Waals surface area contributed by atoms with Gasteiger partial charge in [0.1, 0.15) is 5.60 Å². The smallest absolute Gasteiger partial charge is 0.244 e. The van der Waals surface area contributed by atoms with Gasteiger partial charge in [-0.05, 0) is 37.0 Å². The summed E-state index contributed by atoms with van der Waals surface area (Å²) in [5, 5.41) is 17.1. The Hall–Kier alpha value is -2.05. The van der Waals surface area contributed by atoms with Crippen LogP contribution in [0.25, 0.3) is 6.08 Å². The third-order valence-electron chi connectivity index (χ3n) is 3.48. The number of aromatic nitrogens is 2. The topological polar surface area (TPSA) is 67.2 Å². The Morgan fingerprint density at radius 2 is 2.13 bits per heavy atom. The standard InChI is InChI=1S/C17H21N3O2S/c1-17(22,14-10-19-20(2)11-14)12-18-16(21)9-6-13-4-7-15(23-3)8-5-13/h4-11,22H,12H2,1-3H3,(H,18,21). The molecule has 0 spiro atoms. The summed E-state index contributed by atoms with van der Waals surface area (Å²) in [5.41, 5.74) is 0.464. The Balaban J connectivity index is 1.90. The third kappa shape index (κ3) is 4.97. The van der Waals surface area contributed by atoms with Crippen molar-refractivity contribution in [1.29, 1.82) is 0 Å². The van der Waals surface area contributed by atoms with E-state index in [0.717, 1.165) is 5.56 Å². The van der Waals surface area contributed by atoms with E-state index in [2.05, 4.69) is 10.4 Å². The zero-order valence-electron chi connectivity index (χ0n) is 13.5. The lowest BCUT2D eigenvalue weighted by Gasteiger charge is -2.21. The Labute approximate surface area is 140 Å². The van der Waals surface area contributed by atoms with E-state index in [0.29, 0.717) is 5.56 Å². The number of aryl methyl sites for hydroxylation is 1. The molecule has 2 rings (SSSR count). The molecule has 1 unspecified atom stereocenters. The van der Waals surface area contributed by atoms with Crippen LogP contribution >= 0.6 is 11.8 Å². The van der Waals surface area contributed by atoms with Crippen LogP contribution in [0.4, 0.5) is 0 Å². The lowest BCUT2D eigenvalue weighted by atomic mass is 10.00. The van der Waals surface area contributed by atoms with Crippen molar-refractivity contribution in [2.24, 2.45) is 7.05 Å². The molecule has 1 atom stereocenters. The summed E-state index contributed by atoms with van der Waals surface area (Å²) in [4.78, 5) is 13.1. The number of thioether (sulfide) groups is 1. The van der Waals surface area contributed by atoms with E-state index < -0.39 is 5.60 Å². The zero-order chi connectivity index (χ0) is 16.9. The number of hydrogen-bond donors (Lipinski definition) is 2. The van der Waals surface area contributed by atoms with E-state index in [1.807, 2.05) is 30.5 Å². The van der Waals surface area contributed by atoms with Crippen LogP contribution in [0.3, 0.4) is 0 Å². The van der Waals surface area contributed by atoms with Crippen molar-refractivity contribution in [3.8, 4) is 0 Å². The minimum absolute atomic E-state index is 0.118. The van der Waals surface area contributed by atoms with Gasteiger partial charge in [-0.15, -0.1) is 11.8 Å². The minimum atomic E-state index is -1.16. The maximum Gasteiger partial charge on any atom is 0.244 e. The second-order valence-corrected chi connectivity index (χ2v) is 6.38. The van der Waals surface area contributed by atoms with Gasteiger partial charge in [0.25, 0.3) is 0 Å². The summed E-state index contributed by atoms with van der Waals surface area (Å²) in [6, 6.07) is 7.94. The summed E-state index contributed by atoms with van der Waals surface area (Å²) in [5.74, 6) is -0.247. The molecule has 1 aromatic carbocycles. The van der Waals surface area contributed by atoms with E-state index in [-0.39, 0.29) is 12.5 Å². The molecule has 1 heterocycles. The molecule has 6 heteroatoms. The number of amides is 1.